The molecular weight excluding hydrogens is 270 g/mol. The van der Waals surface area contributed by atoms with E-state index in [9.17, 15) is 9.59 Å². The average Bonchev–Trinajstić information content (AvgIpc) is 2.41. The average molecular weight is 285 g/mol. The highest BCUT2D eigenvalue weighted by Crippen LogP contribution is 2.19. The summed E-state index contributed by atoms with van der Waals surface area (Å²) in [5.74, 6) is 0.994. The molecule has 2 heterocycles. The van der Waals surface area contributed by atoms with Gasteiger partial charge in [0, 0.05) is 11.6 Å². The van der Waals surface area contributed by atoms with Gasteiger partial charge in [-0.1, -0.05) is 18.2 Å². The first-order valence-corrected chi connectivity index (χ1v) is 6.74. The topological polar surface area (TPSA) is 59.8 Å². The summed E-state index contributed by atoms with van der Waals surface area (Å²) in [4.78, 5) is 25.1. The molecule has 0 unspecified atom stereocenters. The van der Waals surface area contributed by atoms with Crippen LogP contribution in [0.3, 0.4) is 0 Å². The fourth-order valence-electron chi connectivity index (χ4n) is 2.28. The summed E-state index contributed by atoms with van der Waals surface area (Å²) in [5.41, 5.74) is 0.244. The van der Waals surface area contributed by atoms with Gasteiger partial charge in [-0.3, -0.25) is 4.79 Å². The predicted molar refractivity (Wildman–Crippen MR) is 76.5 cm³/mol. The van der Waals surface area contributed by atoms with Gasteiger partial charge in [-0.15, -0.1) is 0 Å². The molecule has 2 aromatic rings. The number of rotatable bonds is 3. The highest BCUT2D eigenvalue weighted by atomic mass is 16.5. The van der Waals surface area contributed by atoms with Gasteiger partial charge in [-0.25, -0.2) is 4.79 Å². The van der Waals surface area contributed by atoms with E-state index < -0.39 is 5.63 Å². The molecule has 3 rings (SSSR count). The van der Waals surface area contributed by atoms with Crippen molar-refractivity contribution in [2.24, 2.45) is 0 Å². The molecule has 0 aliphatic carbocycles. The number of carbonyl (C=O) groups is 1. The third-order valence-corrected chi connectivity index (χ3v) is 3.33. The van der Waals surface area contributed by atoms with Crippen LogP contribution in [-0.4, -0.2) is 30.0 Å². The van der Waals surface area contributed by atoms with Crippen LogP contribution in [0.2, 0.25) is 0 Å². The first kappa shape index (κ1) is 13.4. The first-order chi connectivity index (χ1) is 10.1. The van der Waals surface area contributed by atoms with Gasteiger partial charge < -0.3 is 14.1 Å². The Morgan fingerprint density at radius 1 is 1.24 bits per heavy atom. The Labute approximate surface area is 121 Å². The minimum Gasteiger partial charge on any atom is -0.486 e. The first-order valence-electron chi connectivity index (χ1n) is 6.74. The Balaban J connectivity index is 1.59. The number of hydrogen-bond acceptors (Lipinski definition) is 4. The quantitative estimate of drug-likeness (QED) is 0.863. The van der Waals surface area contributed by atoms with E-state index in [1.165, 1.54) is 6.07 Å². The summed E-state index contributed by atoms with van der Waals surface area (Å²) in [5, 5.41) is 0. The lowest BCUT2D eigenvalue weighted by atomic mass is 10.1. The Kier molecular flexibility index (Phi) is 3.48. The number of nitrogens with zero attached hydrogens (tertiary/aromatic N) is 1. The molecule has 0 atom stereocenters. The number of aryl methyl sites for hydroxylation is 1. The van der Waals surface area contributed by atoms with Crippen molar-refractivity contribution in [1.82, 2.24) is 4.90 Å². The Morgan fingerprint density at radius 2 is 1.95 bits per heavy atom. The second kappa shape index (κ2) is 5.44. The zero-order valence-electron chi connectivity index (χ0n) is 11.6. The summed E-state index contributed by atoms with van der Waals surface area (Å²) in [6, 6.07) is 12.1. The van der Waals surface area contributed by atoms with Gasteiger partial charge in [0.25, 0.3) is 5.91 Å². The number of likely N-dealkylation sites (tertiary alicyclic amines) is 1. The molecular formula is C16H15NO4. The molecule has 0 bridgehead atoms. The van der Waals surface area contributed by atoms with Crippen molar-refractivity contribution >= 4 is 5.91 Å². The van der Waals surface area contributed by atoms with E-state index in [1.807, 2.05) is 18.2 Å². The van der Waals surface area contributed by atoms with Crippen molar-refractivity contribution in [2.45, 2.75) is 13.0 Å². The maximum absolute atomic E-state index is 12.1. The van der Waals surface area contributed by atoms with E-state index >= 15 is 0 Å². The Bertz CT molecular complexity index is 702. The summed E-state index contributed by atoms with van der Waals surface area (Å²) in [6.07, 6.45) is -0.0844. The second-order valence-corrected chi connectivity index (χ2v) is 5.04. The molecule has 1 fully saturated rings. The summed E-state index contributed by atoms with van der Waals surface area (Å²) in [7, 11) is 0. The molecule has 5 nitrogen and oxygen atoms in total. The van der Waals surface area contributed by atoms with Crippen LogP contribution in [0.25, 0.3) is 0 Å². The monoisotopic (exact) mass is 285 g/mol. The maximum atomic E-state index is 12.1. The van der Waals surface area contributed by atoms with Crippen molar-refractivity contribution in [3.8, 4) is 5.75 Å². The van der Waals surface area contributed by atoms with Crippen LogP contribution in [-0.2, 0) is 0 Å². The third-order valence-electron chi connectivity index (χ3n) is 3.33. The van der Waals surface area contributed by atoms with Crippen LogP contribution in [0.4, 0.5) is 0 Å². The van der Waals surface area contributed by atoms with Crippen LogP contribution in [0, 0.1) is 6.92 Å². The molecule has 1 aliphatic rings. The largest absolute Gasteiger partial charge is 0.486 e. The van der Waals surface area contributed by atoms with E-state index in [1.54, 1.807) is 30.0 Å². The molecule has 1 aromatic heterocycles. The minimum atomic E-state index is -0.429. The predicted octanol–water partition coefficient (Wildman–Crippen LogP) is 1.85. The number of amides is 1. The van der Waals surface area contributed by atoms with Crippen LogP contribution >= 0.6 is 0 Å². The lowest BCUT2D eigenvalue weighted by Crippen LogP contribution is -2.56. The van der Waals surface area contributed by atoms with Crippen LogP contribution in [0.1, 0.15) is 16.1 Å². The zero-order chi connectivity index (χ0) is 14.8. The SMILES string of the molecule is Cc1cc(OC2CN(C(=O)c3ccccc3)C2)cc(=O)o1. The van der Waals surface area contributed by atoms with Gasteiger partial charge in [0.15, 0.2) is 0 Å². The molecule has 21 heavy (non-hydrogen) atoms. The van der Waals surface area contributed by atoms with E-state index in [0.717, 1.165) is 0 Å². The van der Waals surface area contributed by atoms with Crippen LogP contribution in [0.5, 0.6) is 5.75 Å². The minimum absolute atomic E-state index is 0.000735. The van der Waals surface area contributed by atoms with Gasteiger partial charge in [-0.2, -0.15) is 0 Å². The summed E-state index contributed by atoms with van der Waals surface area (Å²) in [6.45, 7) is 2.74. The van der Waals surface area contributed by atoms with Crippen LogP contribution in [0.15, 0.2) is 51.7 Å². The third kappa shape index (κ3) is 2.97. The molecule has 5 heteroatoms. The van der Waals surface area contributed by atoms with Crippen molar-refractivity contribution in [3.63, 3.8) is 0 Å². The van der Waals surface area contributed by atoms with E-state index in [-0.39, 0.29) is 12.0 Å². The van der Waals surface area contributed by atoms with E-state index in [2.05, 4.69) is 0 Å². The summed E-state index contributed by atoms with van der Waals surface area (Å²) >= 11 is 0. The Hall–Kier alpha value is -2.56. The molecule has 1 aliphatic heterocycles. The summed E-state index contributed by atoms with van der Waals surface area (Å²) < 4.78 is 10.5. The van der Waals surface area contributed by atoms with Gasteiger partial charge in [-0.05, 0) is 19.1 Å². The highest BCUT2D eigenvalue weighted by Gasteiger charge is 2.32. The molecule has 1 saturated heterocycles. The van der Waals surface area contributed by atoms with Gasteiger partial charge in [0.2, 0.25) is 0 Å². The van der Waals surface area contributed by atoms with Crippen molar-refractivity contribution in [2.75, 3.05) is 13.1 Å². The van der Waals surface area contributed by atoms with E-state index in [0.29, 0.717) is 30.2 Å². The van der Waals surface area contributed by atoms with Crippen molar-refractivity contribution < 1.29 is 13.9 Å². The molecule has 108 valence electrons. The van der Waals surface area contributed by atoms with Gasteiger partial charge in [0.1, 0.15) is 17.6 Å². The molecule has 0 N–H and O–H groups in total. The standard InChI is InChI=1S/C16H15NO4/c1-11-7-13(8-15(18)20-11)21-14-9-17(10-14)16(19)12-5-3-2-4-6-12/h2-8,14H,9-10H2,1H3. The number of hydrogen-bond donors (Lipinski definition) is 0. The maximum Gasteiger partial charge on any atom is 0.339 e. The second-order valence-electron chi connectivity index (χ2n) is 5.04. The molecule has 0 spiro atoms. The molecule has 1 amide bonds. The number of ether oxygens (including phenoxy) is 1. The van der Waals surface area contributed by atoms with Gasteiger partial charge in [0.05, 0.1) is 19.2 Å². The molecule has 0 saturated carbocycles. The highest BCUT2D eigenvalue weighted by molar-refractivity contribution is 5.94. The number of carbonyl (C=O) groups excluding carboxylic acids is 1. The lowest BCUT2D eigenvalue weighted by Gasteiger charge is -2.38. The van der Waals surface area contributed by atoms with Crippen molar-refractivity contribution in [1.29, 1.82) is 0 Å². The van der Waals surface area contributed by atoms with Crippen molar-refractivity contribution in [3.05, 3.63) is 64.2 Å². The fraction of sp³-hybridized carbons (Fsp3) is 0.250. The zero-order valence-corrected chi connectivity index (χ0v) is 11.6. The fourth-order valence-corrected chi connectivity index (χ4v) is 2.28. The molecule has 1 aromatic carbocycles. The normalized spacial score (nSPS) is 14.6. The molecule has 0 radical (unpaired) electrons. The number of benzene rings is 1. The van der Waals surface area contributed by atoms with Gasteiger partial charge >= 0.3 is 5.63 Å². The smallest absolute Gasteiger partial charge is 0.339 e. The Morgan fingerprint density at radius 3 is 2.62 bits per heavy atom. The lowest BCUT2D eigenvalue weighted by molar-refractivity contribution is 0.0175. The van der Waals surface area contributed by atoms with E-state index in [4.69, 9.17) is 9.15 Å². The van der Waals surface area contributed by atoms with Crippen LogP contribution < -0.4 is 10.4 Å².